The lowest BCUT2D eigenvalue weighted by Gasteiger charge is -2.09. The van der Waals surface area contributed by atoms with Crippen LogP contribution < -0.4 is 0 Å². The van der Waals surface area contributed by atoms with Crippen molar-refractivity contribution in [2.24, 2.45) is 10.2 Å². The minimum Gasteiger partial charge on any atom is -0.243 e. The van der Waals surface area contributed by atoms with Gasteiger partial charge < -0.3 is 0 Å². The van der Waals surface area contributed by atoms with Crippen molar-refractivity contribution in [2.75, 3.05) is 0 Å². The molecule has 1 heterocycles. The van der Waals surface area contributed by atoms with E-state index in [4.69, 9.17) is 0 Å². The molecule has 84 valence electrons. The number of allylic oxidation sites excluding steroid dienone is 5. The maximum absolute atomic E-state index is 11.1. The molecule has 0 aromatic carbocycles. The van der Waals surface area contributed by atoms with Crippen LogP contribution in [0.15, 0.2) is 46.3 Å². The summed E-state index contributed by atoms with van der Waals surface area (Å²) in [5.41, 5.74) is 0.499. The van der Waals surface area contributed by atoms with E-state index in [0.29, 0.717) is 5.70 Å². The van der Waals surface area contributed by atoms with Crippen LogP contribution >= 0.6 is 0 Å². The third kappa shape index (κ3) is 2.50. The number of imide groups is 1. The summed E-state index contributed by atoms with van der Waals surface area (Å²) in [4.78, 5) is 23.2. The van der Waals surface area contributed by atoms with Crippen LogP contribution in [0, 0.1) is 0 Å². The molecule has 2 rings (SSSR count). The van der Waals surface area contributed by atoms with E-state index in [1.165, 1.54) is 0 Å². The Labute approximate surface area is 93.8 Å². The highest BCUT2D eigenvalue weighted by Crippen LogP contribution is 2.17. The largest absolute Gasteiger partial charge is 0.375 e. The topological polar surface area (TPSA) is 62.1 Å². The molecular weight excluding hydrogens is 206 g/mol. The van der Waals surface area contributed by atoms with Gasteiger partial charge in [0.05, 0.1) is 5.70 Å². The van der Waals surface area contributed by atoms with Gasteiger partial charge in [0.25, 0.3) is 0 Å². The van der Waals surface area contributed by atoms with E-state index in [1.807, 2.05) is 26.0 Å². The van der Waals surface area contributed by atoms with Crippen molar-refractivity contribution in [2.45, 2.75) is 20.3 Å². The Morgan fingerprint density at radius 3 is 2.38 bits per heavy atom. The van der Waals surface area contributed by atoms with Gasteiger partial charge in [0.2, 0.25) is 0 Å². The average molecular weight is 219 g/mol. The van der Waals surface area contributed by atoms with Crippen molar-refractivity contribution in [3.8, 4) is 0 Å². The van der Waals surface area contributed by atoms with E-state index in [1.54, 1.807) is 18.2 Å². The zero-order chi connectivity index (χ0) is 12.0. The van der Waals surface area contributed by atoms with Gasteiger partial charge in [-0.05, 0) is 18.6 Å². The molecule has 0 aromatic rings. The Bertz CT molecular complexity index is 387. The van der Waals surface area contributed by atoms with Gasteiger partial charge in [0.15, 0.2) is 0 Å². The molecule has 5 heteroatoms. The first-order valence-electron chi connectivity index (χ1n) is 5.12. The molecule has 0 aromatic heterocycles. The van der Waals surface area contributed by atoms with E-state index in [-0.39, 0.29) is 0 Å². The lowest BCUT2D eigenvalue weighted by molar-refractivity contribution is 0.216. The Morgan fingerprint density at radius 1 is 1.12 bits per heavy atom. The number of carbonyl (C=O) groups is 2. The second-order valence-corrected chi connectivity index (χ2v) is 2.76. The molecule has 0 unspecified atom stereocenters. The van der Waals surface area contributed by atoms with Gasteiger partial charge in [0.1, 0.15) is 0 Å². The monoisotopic (exact) mass is 219 g/mol. The van der Waals surface area contributed by atoms with Gasteiger partial charge in [-0.2, -0.15) is 0 Å². The molecule has 4 amide bonds. The Hall–Kier alpha value is -2.04. The number of hydrogen-bond donors (Lipinski definition) is 0. The minimum atomic E-state index is -0.638. The predicted octanol–water partition coefficient (Wildman–Crippen LogP) is 3.42. The number of urea groups is 2. The second-order valence-electron chi connectivity index (χ2n) is 2.76. The molecule has 0 atom stereocenters. The van der Waals surface area contributed by atoms with Crippen molar-refractivity contribution < 1.29 is 9.59 Å². The Balaban J connectivity index is 0.000000606. The van der Waals surface area contributed by atoms with Gasteiger partial charge in [-0.15, -0.1) is 0 Å². The molecule has 0 fully saturated rings. The smallest absolute Gasteiger partial charge is 0.243 e. The van der Waals surface area contributed by atoms with Crippen LogP contribution in [0.4, 0.5) is 9.59 Å². The van der Waals surface area contributed by atoms with Gasteiger partial charge in [-0.1, -0.05) is 42.3 Å². The van der Waals surface area contributed by atoms with Crippen LogP contribution in [0.1, 0.15) is 20.3 Å². The molecule has 0 saturated heterocycles. The summed E-state index contributed by atoms with van der Waals surface area (Å²) in [5.74, 6) is 0. The van der Waals surface area contributed by atoms with Crippen molar-refractivity contribution in [3.05, 3.63) is 36.1 Å². The van der Waals surface area contributed by atoms with Crippen LogP contribution in [0.5, 0.6) is 0 Å². The quantitative estimate of drug-likeness (QED) is 0.678. The minimum absolute atomic E-state index is 0.499. The predicted molar refractivity (Wildman–Crippen MR) is 59.8 cm³/mol. The number of carbonyl (C=O) groups excluding carboxylic acids is 2. The normalized spacial score (nSPS) is 18.1. The highest BCUT2D eigenvalue weighted by Gasteiger charge is 2.29. The molecule has 0 saturated carbocycles. The molecule has 0 spiro atoms. The second kappa shape index (κ2) is 5.75. The molecule has 16 heavy (non-hydrogen) atoms. The fourth-order valence-electron chi connectivity index (χ4n) is 1.19. The zero-order valence-electron chi connectivity index (χ0n) is 9.25. The van der Waals surface area contributed by atoms with E-state index >= 15 is 0 Å². The lowest BCUT2D eigenvalue weighted by Crippen LogP contribution is -2.26. The van der Waals surface area contributed by atoms with Crippen molar-refractivity contribution >= 4 is 12.1 Å². The Kier molecular flexibility index (Phi) is 4.32. The van der Waals surface area contributed by atoms with Gasteiger partial charge in [-0.25, -0.2) is 14.5 Å². The first kappa shape index (κ1) is 12.0. The summed E-state index contributed by atoms with van der Waals surface area (Å²) in [5, 5.41) is 6.34. The van der Waals surface area contributed by atoms with E-state index in [9.17, 15) is 9.59 Å². The van der Waals surface area contributed by atoms with Crippen LogP contribution in [-0.2, 0) is 0 Å². The number of azo groups is 1. The number of amides is 4. The number of nitrogens with zero attached hydrogens (tertiary/aromatic N) is 3. The van der Waals surface area contributed by atoms with Crippen LogP contribution in [0.3, 0.4) is 0 Å². The standard InChI is InChI=1S/C9H7N3O2.C2H6/c13-8-10-11-9(14)12(8)7-5-3-1-2-4-6-7;1-2/h1,3-6H,2H2;1-2H3. The van der Waals surface area contributed by atoms with E-state index in [0.717, 1.165) is 11.3 Å². The van der Waals surface area contributed by atoms with E-state index in [2.05, 4.69) is 10.2 Å². The molecule has 0 N–H and O–H groups in total. The highest BCUT2D eigenvalue weighted by atomic mass is 16.2. The molecule has 0 bridgehead atoms. The summed E-state index contributed by atoms with van der Waals surface area (Å²) >= 11 is 0. The highest BCUT2D eigenvalue weighted by molar-refractivity contribution is 6.00. The summed E-state index contributed by atoms with van der Waals surface area (Å²) in [6.45, 7) is 4.00. The molecule has 1 aliphatic heterocycles. The lowest BCUT2D eigenvalue weighted by atomic mass is 10.3. The average Bonchev–Trinajstić information content (AvgIpc) is 2.54. The molecule has 5 nitrogen and oxygen atoms in total. The van der Waals surface area contributed by atoms with Crippen LogP contribution in [0.25, 0.3) is 0 Å². The van der Waals surface area contributed by atoms with Gasteiger partial charge in [-0.3, -0.25) is 0 Å². The Morgan fingerprint density at radius 2 is 1.75 bits per heavy atom. The third-order valence-electron chi connectivity index (χ3n) is 1.83. The van der Waals surface area contributed by atoms with Crippen LogP contribution in [-0.4, -0.2) is 17.0 Å². The summed E-state index contributed by atoms with van der Waals surface area (Å²) in [6.07, 6.45) is 9.72. The fraction of sp³-hybridized carbons (Fsp3) is 0.273. The van der Waals surface area contributed by atoms with Crippen LogP contribution in [0.2, 0.25) is 0 Å². The van der Waals surface area contributed by atoms with Crippen molar-refractivity contribution in [3.63, 3.8) is 0 Å². The maximum atomic E-state index is 11.1. The third-order valence-corrected chi connectivity index (χ3v) is 1.83. The molecular formula is C11H13N3O2. The van der Waals surface area contributed by atoms with Gasteiger partial charge in [0, 0.05) is 0 Å². The number of hydrogen-bond acceptors (Lipinski definition) is 2. The number of rotatable bonds is 1. The summed E-state index contributed by atoms with van der Waals surface area (Å²) < 4.78 is 0. The fourth-order valence-corrected chi connectivity index (χ4v) is 1.19. The SMILES string of the molecule is CC.O=C1N=NC(=O)N1C1=CC=CCC=C1. The maximum Gasteiger partial charge on any atom is 0.375 e. The van der Waals surface area contributed by atoms with Crippen molar-refractivity contribution in [1.82, 2.24) is 4.90 Å². The van der Waals surface area contributed by atoms with Crippen molar-refractivity contribution in [1.29, 1.82) is 0 Å². The molecule has 2 aliphatic rings. The zero-order valence-corrected chi connectivity index (χ0v) is 9.25. The first-order chi connectivity index (χ1) is 7.79. The van der Waals surface area contributed by atoms with E-state index < -0.39 is 12.1 Å². The first-order valence-corrected chi connectivity index (χ1v) is 5.12. The summed E-state index contributed by atoms with van der Waals surface area (Å²) in [7, 11) is 0. The summed E-state index contributed by atoms with van der Waals surface area (Å²) in [6, 6.07) is -1.28. The molecule has 0 radical (unpaired) electrons. The van der Waals surface area contributed by atoms with Gasteiger partial charge >= 0.3 is 12.1 Å². The molecule has 1 aliphatic carbocycles.